The zero-order valence-electron chi connectivity index (χ0n) is 16.4. The largest absolute Gasteiger partial charge is 0.462 e. The number of aromatic nitrogens is 1. The fourth-order valence-corrected chi connectivity index (χ4v) is 4.31. The minimum atomic E-state index is -0.443. The molecule has 1 aliphatic rings. The lowest BCUT2D eigenvalue weighted by atomic mass is 10.00. The Balaban J connectivity index is 1.72. The first kappa shape index (κ1) is 19.3. The summed E-state index contributed by atoms with van der Waals surface area (Å²) in [6.07, 6.45) is 3.53. The summed E-state index contributed by atoms with van der Waals surface area (Å²) in [6, 6.07) is 11.7. The third-order valence-electron chi connectivity index (χ3n) is 4.79. The van der Waals surface area contributed by atoms with Crippen LogP contribution < -0.4 is 5.32 Å². The number of rotatable bonds is 5. The maximum Gasteiger partial charge on any atom is 0.325 e. The van der Waals surface area contributed by atoms with Gasteiger partial charge in [-0.25, -0.2) is 4.98 Å². The van der Waals surface area contributed by atoms with Crippen molar-refractivity contribution in [3.8, 4) is 0 Å². The quantitative estimate of drug-likeness (QED) is 0.635. The topological polar surface area (TPSA) is 68.3 Å². The molecule has 1 aromatic carbocycles. The molecule has 0 unspecified atom stereocenters. The minimum Gasteiger partial charge on any atom is -0.462 e. The second-order valence-corrected chi connectivity index (χ2v) is 8.22. The molecule has 4 rings (SSSR count). The fraction of sp³-hybridized carbons (Fsp3) is 0.261. The summed E-state index contributed by atoms with van der Waals surface area (Å²) in [6.45, 7) is 3.41. The third kappa shape index (κ3) is 4.07. The van der Waals surface area contributed by atoms with Gasteiger partial charge in [-0.3, -0.25) is 9.59 Å². The zero-order chi connectivity index (χ0) is 20.4. The number of allylic oxidation sites excluding steroid dienone is 1. The Morgan fingerprint density at radius 3 is 2.79 bits per heavy atom. The Hall–Kier alpha value is -2.99. The van der Waals surface area contributed by atoms with E-state index < -0.39 is 5.97 Å². The number of nitrogens with zero attached hydrogens (tertiary/aromatic N) is 1. The molecule has 0 radical (unpaired) electrons. The predicted octanol–water partition coefficient (Wildman–Crippen LogP) is 4.46. The van der Waals surface area contributed by atoms with E-state index in [-0.39, 0.29) is 18.6 Å². The number of amides is 1. The first-order chi connectivity index (χ1) is 14.0. The summed E-state index contributed by atoms with van der Waals surface area (Å²) < 4.78 is 5.12. The summed E-state index contributed by atoms with van der Waals surface area (Å²) in [5.41, 5.74) is 4.35. The van der Waals surface area contributed by atoms with Gasteiger partial charge in [-0.2, -0.15) is 0 Å². The van der Waals surface area contributed by atoms with E-state index in [4.69, 9.17) is 9.72 Å². The van der Waals surface area contributed by atoms with Crippen LogP contribution in [0.1, 0.15) is 46.8 Å². The van der Waals surface area contributed by atoms with Gasteiger partial charge in [0.2, 0.25) is 0 Å². The highest BCUT2D eigenvalue weighted by molar-refractivity contribution is 7.10. The van der Waals surface area contributed by atoms with Gasteiger partial charge in [0.15, 0.2) is 0 Å². The van der Waals surface area contributed by atoms with E-state index in [9.17, 15) is 9.59 Å². The van der Waals surface area contributed by atoms with Gasteiger partial charge in [-0.05, 0) is 61.4 Å². The average Bonchev–Trinajstić information content (AvgIpc) is 3.34. The third-order valence-corrected chi connectivity index (χ3v) is 5.61. The Morgan fingerprint density at radius 2 is 2.03 bits per heavy atom. The van der Waals surface area contributed by atoms with Crippen molar-refractivity contribution in [3.05, 3.63) is 63.5 Å². The van der Waals surface area contributed by atoms with Gasteiger partial charge in [0.25, 0.3) is 5.91 Å². The molecule has 29 heavy (non-hydrogen) atoms. The van der Waals surface area contributed by atoms with Crippen molar-refractivity contribution in [1.82, 2.24) is 10.3 Å². The number of carbonyl (C=O) groups excluding carboxylic acids is 2. The van der Waals surface area contributed by atoms with Crippen LogP contribution in [-0.2, 0) is 16.0 Å². The molecule has 0 fully saturated rings. The van der Waals surface area contributed by atoms with Crippen LogP contribution in [0.5, 0.6) is 0 Å². The molecule has 0 aliphatic heterocycles. The van der Waals surface area contributed by atoms with Crippen LogP contribution in [0, 0.1) is 0 Å². The van der Waals surface area contributed by atoms with Gasteiger partial charge < -0.3 is 10.1 Å². The van der Waals surface area contributed by atoms with E-state index in [1.165, 1.54) is 4.88 Å². The normalized spacial score (nSPS) is 14.4. The minimum absolute atomic E-state index is 0.152. The highest BCUT2D eigenvalue weighted by Gasteiger charge is 2.27. The van der Waals surface area contributed by atoms with Crippen LogP contribution in [0.25, 0.3) is 22.6 Å². The lowest BCUT2D eigenvalue weighted by Gasteiger charge is -2.13. The molecule has 148 valence electrons. The number of hydrogen-bond acceptors (Lipinski definition) is 5. The summed E-state index contributed by atoms with van der Waals surface area (Å²) in [7, 11) is 0. The van der Waals surface area contributed by atoms with Gasteiger partial charge >= 0.3 is 5.97 Å². The highest BCUT2D eigenvalue weighted by atomic mass is 32.1. The molecule has 3 aromatic rings. The van der Waals surface area contributed by atoms with Crippen LogP contribution >= 0.6 is 11.3 Å². The zero-order valence-corrected chi connectivity index (χ0v) is 17.2. The lowest BCUT2D eigenvalue weighted by Crippen LogP contribution is -2.32. The van der Waals surface area contributed by atoms with E-state index in [1.807, 2.05) is 35.7 Å². The van der Waals surface area contributed by atoms with E-state index >= 15 is 0 Å². The van der Waals surface area contributed by atoms with Gasteiger partial charge in [-0.15, -0.1) is 11.3 Å². The SMILES string of the molecule is CC(C)OC(=O)CNC(=O)c1c2c(nc3ccccc13)/C(=C/c1cccs1)CC2. The molecule has 5 nitrogen and oxygen atoms in total. The number of hydrogen-bond donors (Lipinski definition) is 1. The van der Waals surface area contributed by atoms with Gasteiger partial charge in [-0.1, -0.05) is 24.3 Å². The smallest absolute Gasteiger partial charge is 0.325 e. The average molecular weight is 407 g/mol. The molecule has 0 atom stereocenters. The Kier molecular flexibility index (Phi) is 5.45. The molecule has 2 aromatic heterocycles. The molecular weight excluding hydrogens is 384 g/mol. The van der Waals surface area contributed by atoms with Crippen molar-refractivity contribution in [2.45, 2.75) is 32.8 Å². The molecule has 0 saturated heterocycles. The number of carbonyl (C=O) groups is 2. The molecule has 1 aliphatic carbocycles. The molecule has 1 amide bonds. The van der Waals surface area contributed by atoms with Gasteiger partial charge in [0.05, 0.1) is 22.9 Å². The molecule has 0 spiro atoms. The molecular formula is C23H22N2O3S. The molecule has 1 N–H and O–H groups in total. The second-order valence-electron chi connectivity index (χ2n) is 7.24. The first-order valence-corrected chi connectivity index (χ1v) is 10.5. The predicted molar refractivity (Wildman–Crippen MR) is 116 cm³/mol. The number of ether oxygens (including phenoxy) is 1. The first-order valence-electron chi connectivity index (χ1n) is 9.66. The van der Waals surface area contributed by atoms with Crippen LogP contribution in [0.4, 0.5) is 0 Å². The van der Waals surface area contributed by atoms with Crippen LogP contribution in [-0.4, -0.2) is 29.5 Å². The maximum absolute atomic E-state index is 13.1. The summed E-state index contributed by atoms with van der Waals surface area (Å²) in [5.74, 6) is -0.709. The fourth-order valence-electron chi connectivity index (χ4n) is 3.63. The van der Waals surface area contributed by atoms with Crippen LogP contribution in [0.2, 0.25) is 0 Å². The van der Waals surface area contributed by atoms with Crippen molar-refractivity contribution >= 4 is 45.8 Å². The Labute approximate surface area is 173 Å². The number of thiophene rings is 1. The van der Waals surface area contributed by atoms with Crippen LogP contribution in [0.3, 0.4) is 0 Å². The van der Waals surface area contributed by atoms with Crippen molar-refractivity contribution in [1.29, 1.82) is 0 Å². The maximum atomic E-state index is 13.1. The van der Waals surface area contributed by atoms with E-state index in [0.29, 0.717) is 5.56 Å². The molecule has 0 saturated carbocycles. The Morgan fingerprint density at radius 1 is 1.21 bits per heavy atom. The van der Waals surface area contributed by atoms with Crippen molar-refractivity contribution < 1.29 is 14.3 Å². The number of esters is 1. The number of pyridine rings is 1. The van der Waals surface area contributed by atoms with E-state index in [0.717, 1.165) is 40.6 Å². The number of fused-ring (bicyclic) bond motifs is 2. The number of benzene rings is 1. The molecule has 2 heterocycles. The van der Waals surface area contributed by atoms with Gasteiger partial charge in [0, 0.05) is 10.3 Å². The van der Waals surface area contributed by atoms with Crippen molar-refractivity contribution in [2.24, 2.45) is 0 Å². The van der Waals surface area contributed by atoms with Crippen molar-refractivity contribution in [3.63, 3.8) is 0 Å². The standard InChI is InChI=1S/C23H22N2O3S/c1-14(2)28-20(26)13-24-23(27)21-17-7-3-4-8-19(17)25-22-15(9-10-18(21)22)12-16-6-5-11-29-16/h3-8,11-12,14H,9-10,13H2,1-2H3,(H,24,27)/b15-12+. The number of nitrogens with one attached hydrogen (secondary N) is 1. The van der Waals surface area contributed by atoms with E-state index in [2.05, 4.69) is 17.5 Å². The van der Waals surface area contributed by atoms with E-state index in [1.54, 1.807) is 25.2 Å². The Bertz CT molecular complexity index is 1100. The van der Waals surface area contributed by atoms with Crippen LogP contribution in [0.15, 0.2) is 41.8 Å². The summed E-state index contributed by atoms with van der Waals surface area (Å²) >= 11 is 1.68. The second kappa shape index (κ2) is 8.17. The molecule has 6 heteroatoms. The summed E-state index contributed by atoms with van der Waals surface area (Å²) in [4.78, 5) is 31.0. The summed E-state index contributed by atoms with van der Waals surface area (Å²) in [5, 5.41) is 5.58. The molecule has 0 bridgehead atoms. The van der Waals surface area contributed by atoms with Crippen molar-refractivity contribution in [2.75, 3.05) is 6.54 Å². The highest BCUT2D eigenvalue weighted by Crippen LogP contribution is 2.37. The lowest BCUT2D eigenvalue weighted by molar-refractivity contribution is -0.146. The number of para-hydroxylation sites is 1. The monoisotopic (exact) mass is 406 g/mol. The van der Waals surface area contributed by atoms with Gasteiger partial charge in [0.1, 0.15) is 6.54 Å².